The molecule has 4 nitrogen and oxygen atoms in total. The second-order valence-corrected chi connectivity index (χ2v) is 4.13. The van der Waals surface area contributed by atoms with E-state index >= 15 is 0 Å². The second-order valence-electron chi connectivity index (χ2n) is 4.13. The molecule has 0 saturated carbocycles. The van der Waals surface area contributed by atoms with E-state index in [9.17, 15) is 0 Å². The molecule has 2 N–H and O–H groups in total. The molecule has 0 amide bonds. The summed E-state index contributed by atoms with van der Waals surface area (Å²) >= 11 is 0. The fourth-order valence-corrected chi connectivity index (χ4v) is 1.86. The van der Waals surface area contributed by atoms with E-state index in [4.69, 9.17) is 5.73 Å². The molecule has 2 atom stereocenters. The normalized spacial score (nSPS) is 26.9. The Kier molecular flexibility index (Phi) is 2.27. The molecule has 1 aromatic heterocycles. The van der Waals surface area contributed by atoms with Crippen LogP contribution in [0.1, 0.15) is 13.8 Å². The molecule has 76 valence electrons. The topological polar surface area (TPSA) is 55.0 Å². The van der Waals surface area contributed by atoms with Crippen LogP contribution in [-0.4, -0.2) is 23.1 Å². The minimum Gasteiger partial charge on any atom is -0.368 e. The Morgan fingerprint density at radius 1 is 1.36 bits per heavy atom. The molecule has 0 spiro atoms. The molecule has 1 aliphatic rings. The van der Waals surface area contributed by atoms with Crippen molar-refractivity contribution in [3.05, 3.63) is 12.3 Å². The average molecular weight is 192 g/mol. The van der Waals surface area contributed by atoms with Crippen molar-refractivity contribution in [1.29, 1.82) is 0 Å². The Bertz CT molecular complexity index is 316. The lowest BCUT2D eigenvalue weighted by Gasteiger charge is -2.16. The minimum absolute atomic E-state index is 0.356. The molecule has 1 saturated heterocycles. The summed E-state index contributed by atoms with van der Waals surface area (Å²) in [5.74, 6) is 2.76. The smallest absolute Gasteiger partial charge is 0.221 e. The number of rotatable bonds is 1. The monoisotopic (exact) mass is 192 g/mol. The van der Waals surface area contributed by atoms with Crippen molar-refractivity contribution in [3.63, 3.8) is 0 Å². The van der Waals surface area contributed by atoms with Crippen LogP contribution < -0.4 is 10.6 Å². The second kappa shape index (κ2) is 3.44. The van der Waals surface area contributed by atoms with Gasteiger partial charge in [-0.05, 0) is 17.9 Å². The maximum Gasteiger partial charge on any atom is 0.221 e. The van der Waals surface area contributed by atoms with Gasteiger partial charge in [-0.25, -0.2) is 4.98 Å². The summed E-state index contributed by atoms with van der Waals surface area (Å²) in [4.78, 5) is 10.4. The molecular formula is C10H16N4. The lowest BCUT2D eigenvalue weighted by Crippen LogP contribution is -2.21. The Labute approximate surface area is 84.2 Å². The van der Waals surface area contributed by atoms with Crippen LogP contribution in [0.3, 0.4) is 0 Å². The lowest BCUT2D eigenvalue weighted by atomic mass is 10.0. The molecular weight excluding hydrogens is 176 g/mol. The fourth-order valence-electron chi connectivity index (χ4n) is 1.86. The first kappa shape index (κ1) is 9.24. The van der Waals surface area contributed by atoms with Crippen LogP contribution >= 0.6 is 0 Å². The molecule has 1 fully saturated rings. The number of nitrogens with zero attached hydrogens (tertiary/aromatic N) is 3. The third-order valence-electron chi connectivity index (χ3n) is 2.97. The highest BCUT2D eigenvalue weighted by atomic mass is 15.2. The van der Waals surface area contributed by atoms with E-state index in [2.05, 4.69) is 28.7 Å². The molecule has 14 heavy (non-hydrogen) atoms. The van der Waals surface area contributed by atoms with Gasteiger partial charge in [-0.15, -0.1) is 0 Å². The number of aromatic nitrogens is 2. The highest BCUT2D eigenvalue weighted by Gasteiger charge is 2.26. The zero-order valence-electron chi connectivity index (χ0n) is 8.64. The van der Waals surface area contributed by atoms with Crippen molar-refractivity contribution in [2.75, 3.05) is 23.7 Å². The standard InChI is InChI=1S/C10H16N4/c1-7-5-14(6-8(7)2)9-3-4-12-10(11)13-9/h3-4,7-8H,5-6H2,1-2H3,(H2,11,12,13). The minimum atomic E-state index is 0.356. The van der Waals surface area contributed by atoms with Gasteiger partial charge in [-0.1, -0.05) is 13.8 Å². The molecule has 0 radical (unpaired) electrons. The van der Waals surface area contributed by atoms with E-state index in [-0.39, 0.29) is 0 Å². The van der Waals surface area contributed by atoms with Gasteiger partial charge in [0, 0.05) is 19.3 Å². The average Bonchev–Trinajstić information content (AvgIpc) is 2.47. The maximum absolute atomic E-state index is 5.55. The van der Waals surface area contributed by atoms with Gasteiger partial charge in [0.1, 0.15) is 5.82 Å². The fraction of sp³-hybridized carbons (Fsp3) is 0.600. The number of nitrogen functional groups attached to an aromatic ring is 1. The Morgan fingerprint density at radius 2 is 2.00 bits per heavy atom. The van der Waals surface area contributed by atoms with E-state index in [1.54, 1.807) is 6.20 Å². The Morgan fingerprint density at radius 3 is 2.57 bits per heavy atom. The summed E-state index contributed by atoms with van der Waals surface area (Å²) in [6.45, 7) is 6.68. The first-order valence-corrected chi connectivity index (χ1v) is 5.00. The first-order chi connectivity index (χ1) is 6.66. The van der Waals surface area contributed by atoms with Gasteiger partial charge >= 0.3 is 0 Å². The van der Waals surface area contributed by atoms with Crippen molar-refractivity contribution >= 4 is 11.8 Å². The quantitative estimate of drug-likeness (QED) is 0.725. The van der Waals surface area contributed by atoms with Gasteiger partial charge in [0.25, 0.3) is 0 Å². The molecule has 4 heteroatoms. The van der Waals surface area contributed by atoms with Crippen molar-refractivity contribution in [2.45, 2.75) is 13.8 Å². The van der Waals surface area contributed by atoms with Gasteiger partial charge in [0.15, 0.2) is 0 Å². The molecule has 1 aliphatic heterocycles. The molecule has 2 heterocycles. The van der Waals surface area contributed by atoms with Crippen molar-refractivity contribution in [2.24, 2.45) is 11.8 Å². The molecule has 2 unspecified atom stereocenters. The van der Waals surface area contributed by atoms with Crippen LogP contribution in [0.4, 0.5) is 11.8 Å². The summed E-state index contributed by atoms with van der Waals surface area (Å²) in [6, 6.07) is 1.92. The Balaban J connectivity index is 2.17. The van der Waals surface area contributed by atoms with E-state index in [1.807, 2.05) is 6.07 Å². The van der Waals surface area contributed by atoms with Crippen LogP contribution in [0.25, 0.3) is 0 Å². The predicted octanol–water partition coefficient (Wildman–Crippen LogP) is 1.15. The van der Waals surface area contributed by atoms with Crippen LogP contribution in [0.2, 0.25) is 0 Å². The van der Waals surface area contributed by atoms with Gasteiger partial charge in [0.05, 0.1) is 0 Å². The van der Waals surface area contributed by atoms with Gasteiger partial charge in [0.2, 0.25) is 5.95 Å². The van der Waals surface area contributed by atoms with Gasteiger partial charge in [-0.3, -0.25) is 0 Å². The number of nitrogens with two attached hydrogens (primary N) is 1. The first-order valence-electron chi connectivity index (χ1n) is 5.00. The van der Waals surface area contributed by atoms with Crippen molar-refractivity contribution in [1.82, 2.24) is 9.97 Å². The van der Waals surface area contributed by atoms with E-state index < -0.39 is 0 Å². The van der Waals surface area contributed by atoms with E-state index in [1.165, 1.54) is 0 Å². The molecule has 2 rings (SSSR count). The predicted molar refractivity (Wildman–Crippen MR) is 57.0 cm³/mol. The van der Waals surface area contributed by atoms with Gasteiger partial charge in [-0.2, -0.15) is 4.98 Å². The zero-order chi connectivity index (χ0) is 10.1. The molecule has 1 aromatic rings. The van der Waals surface area contributed by atoms with Gasteiger partial charge < -0.3 is 10.6 Å². The number of hydrogen-bond acceptors (Lipinski definition) is 4. The summed E-state index contributed by atoms with van der Waals surface area (Å²) in [5.41, 5.74) is 5.55. The SMILES string of the molecule is CC1CN(c2ccnc(N)n2)CC1C. The van der Waals surface area contributed by atoms with E-state index in [0.29, 0.717) is 5.95 Å². The third kappa shape index (κ3) is 1.64. The molecule has 0 aromatic carbocycles. The third-order valence-corrected chi connectivity index (χ3v) is 2.97. The zero-order valence-corrected chi connectivity index (χ0v) is 8.64. The van der Waals surface area contributed by atoms with Crippen LogP contribution in [0.15, 0.2) is 12.3 Å². The van der Waals surface area contributed by atoms with E-state index in [0.717, 1.165) is 30.7 Å². The maximum atomic E-state index is 5.55. The largest absolute Gasteiger partial charge is 0.368 e. The van der Waals surface area contributed by atoms with Crippen LogP contribution in [0, 0.1) is 11.8 Å². The summed E-state index contributed by atoms with van der Waals surface area (Å²) < 4.78 is 0. The highest BCUT2D eigenvalue weighted by molar-refractivity contribution is 5.42. The number of hydrogen-bond donors (Lipinski definition) is 1. The van der Waals surface area contributed by atoms with Crippen molar-refractivity contribution in [3.8, 4) is 0 Å². The molecule has 0 aliphatic carbocycles. The molecule has 0 bridgehead atoms. The summed E-state index contributed by atoms with van der Waals surface area (Å²) in [5, 5.41) is 0. The van der Waals surface area contributed by atoms with Crippen LogP contribution in [-0.2, 0) is 0 Å². The lowest BCUT2D eigenvalue weighted by molar-refractivity contribution is 0.494. The number of anilines is 2. The van der Waals surface area contributed by atoms with Crippen molar-refractivity contribution < 1.29 is 0 Å². The summed E-state index contributed by atoms with van der Waals surface area (Å²) in [6.07, 6.45) is 1.71. The Hall–Kier alpha value is -1.32. The van der Waals surface area contributed by atoms with Crippen LogP contribution in [0.5, 0.6) is 0 Å². The summed E-state index contributed by atoms with van der Waals surface area (Å²) in [7, 11) is 0. The highest BCUT2D eigenvalue weighted by Crippen LogP contribution is 2.26.